The zero-order chi connectivity index (χ0) is 19.4. The van der Waals surface area contributed by atoms with Crippen LogP contribution in [-0.4, -0.2) is 44.8 Å². The fraction of sp³-hybridized carbons (Fsp3) is 0.286. The van der Waals surface area contributed by atoms with Crippen molar-refractivity contribution in [3.8, 4) is 0 Å². The maximum absolute atomic E-state index is 11.7. The standard InChI is InChI=1S/C12H13N3O3.C2HF3O2/c1-12(2)11(18)14-10-8(15-12)5-7(6-13-10)3-4-9(16)17;3-2(4,5)1(6)7/h3-6,15H,1-2H3,(H,16,17)(H,13,14,18);(H,6,7)/b4-3+;. The number of carboxylic acid groups (broad SMARTS) is 2. The number of hydrogen-bond donors (Lipinski definition) is 4. The molecule has 1 aromatic heterocycles. The average molecular weight is 361 g/mol. The largest absolute Gasteiger partial charge is 0.490 e. The van der Waals surface area contributed by atoms with Gasteiger partial charge >= 0.3 is 18.1 Å². The minimum absolute atomic E-state index is 0.156. The molecule has 0 unspecified atom stereocenters. The number of pyridine rings is 1. The summed E-state index contributed by atoms with van der Waals surface area (Å²) in [4.78, 5) is 35.1. The van der Waals surface area contributed by atoms with E-state index in [1.807, 2.05) is 0 Å². The third-order valence-corrected chi connectivity index (χ3v) is 2.82. The Morgan fingerprint density at radius 3 is 2.32 bits per heavy atom. The highest BCUT2D eigenvalue weighted by Crippen LogP contribution is 2.29. The number of nitrogens with one attached hydrogen (secondary N) is 2. The van der Waals surface area contributed by atoms with E-state index in [0.717, 1.165) is 6.08 Å². The minimum atomic E-state index is -5.08. The Bertz CT molecular complexity index is 729. The molecule has 1 aromatic rings. The summed E-state index contributed by atoms with van der Waals surface area (Å²) in [5.41, 5.74) is 0.604. The lowest BCUT2D eigenvalue weighted by atomic mass is 10.0. The van der Waals surface area contributed by atoms with Crippen molar-refractivity contribution in [3.63, 3.8) is 0 Å². The fourth-order valence-corrected chi connectivity index (χ4v) is 1.59. The van der Waals surface area contributed by atoms with Gasteiger partial charge in [-0.2, -0.15) is 13.2 Å². The van der Waals surface area contributed by atoms with Gasteiger partial charge in [0.25, 0.3) is 5.91 Å². The van der Waals surface area contributed by atoms with Crippen molar-refractivity contribution in [3.05, 3.63) is 23.9 Å². The number of alkyl halides is 3. The van der Waals surface area contributed by atoms with Crippen LogP contribution in [-0.2, 0) is 14.4 Å². The molecule has 0 radical (unpaired) electrons. The van der Waals surface area contributed by atoms with Gasteiger partial charge in [0, 0.05) is 12.3 Å². The molecule has 2 heterocycles. The number of aromatic nitrogens is 1. The third kappa shape index (κ3) is 5.79. The summed E-state index contributed by atoms with van der Waals surface area (Å²) in [5.74, 6) is -3.48. The molecule has 0 spiro atoms. The Labute approximate surface area is 139 Å². The molecule has 0 aliphatic carbocycles. The number of anilines is 2. The molecule has 0 aromatic carbocycles. The first-order valence-corrected chi connectivity index (χ1v) is 6.64. The summed E-state index contributed by atoms with van der Waals surface area (Å²) >= 11 is 0. The van der Waals surface area contributed by atoms with Crippen LogP contribution in [0.25, 0.3) is 6.08 Å². The van der Waals surface area contributed by atoms with Crippen molar-refractivity contribution in [2.75, 3.05) is 10.6 Å². The first-order valence-electron chi connectivity index (χ1n) is 6.64. The molecule has 1 aliphatic rings. The van der Waals surface area contributed by atoms with Gasteiger partial charge in [-0.05, 0) is 31.6 Å². The summed E-state index contributed by atoms with van der Waals surface area (Å²) < 4.78 is 31.7. The van der Waals surface area contributed by atoms with E-state index in [2.05, 4.69) is 15.6 Å². The zero-order valence-corrected chi connectivity index (χ0v) is 13.0. The number of carbonyl (C=O) groups is 3. The van der Waals surface area contributed by atoms with Crippen LogP contribution in [0.5, 0.6) is 0 Å². The smallest absolute Gasteiger partial charge is 0.478 e. The number of fused-ring (bicyclic) bond motifs is 1. The van der Waals surface area contributed by atoms with E-state index in [-0.39, 0.29) is 5.91 Å². The maximum atomic E-state index is 11.7. The lowest BCUT2D eigenvalue weighted by molar-refractivity contribution is -0.192. The first kappa shape index (κ1) is 19.9. The van der Waals surface area contributed by atoms with Gasteiger partial charge < -0.3 is 20.8 Å². The highest BCUT2D eigenvalue weighted by molar-refractivity contribution is 6.04. The van der Waals surface area contributed by atoms with Crippen LogP contribution in [0.1, 0.15) is 19.4 Å². The Hall–Kier alpha value is -3.11. The predicted octanol–water partition coefficient (Wildman–Crippen LogP) is 1.96. The molecule has 0 fully saturated rings. The fourth-order valence-electron chi connectivity index (χ4n) is 1.59. The first-order chi connectivity index (χ1) is 11.3. The summed E-state index contributed by atoms with van der Waals surface area (Å²) in [6, 6.07) is 1.74. The lowest BCUT2D eigenvalue weighted by Crippen LogP contribution is -2.47. The number of hydrogen-bond acceptors (Lipinski definition) is 5. The molecule has 8 nitrogen and oxygen atoms in total. The van der Waals surface area contributed by atoms with E-state index < -0.39 is 23.7 Å². The Kier molecular flexibility index (Phi) is 5.74. The van der Waals surface area contributed by atoms with E-state index in [1.54, 1.807) is 19.9 Å². The highest BCUT2D eigenvalue weighted by Gasteiger charge is 2.38. The van der Waals surface area contributed by atoms with Gasteiger partial charge in [-0.15, -0.1) is 0 Å². The number of carbonyl (C=O) groups excluding carboxylic acids is 1. The van der Waals surface area contributed by atoms with Crippen molar-refractivity contribution in [2.45, 2.75) is 25.6 Å². The molecule has 0 saturated heterocycles. The van der Waals surface area contributed by atoms with Crippen molar-refractivity contribution < 1.29 is 37.8 Å². The molecular formula is C14H14F3N3O5. The number of amides is 1. The summed E-state index contributed by atoms with van der Waals surface area (Å²) in [6.07, 6.45) is -1.10. The van der Waals surface area contributed by atoms with Crippen LogP contribution in [0.15, 0.2) is 18.3 Å². The molecule has 0 saturated carbocycles. The van der Waals surface area contributed by atoms with Gasteiger partial charge in [0.15, 0.2) is 5.82 Å². The van der Waals surface area contributed by atoms with Gasteiger partial charge in [0.05, 0.1) is 5.69 Å². The SMILES string of the molecule is CC1(C)Nc2cc(/C=C/C(=O)O)cnc2NC1=O.O=C(O)C(F)(F)F. The number of aliphatic carboxylic acids is 2. The molecular weight excluding hydrogens is 347 g/mol. The summed E-state index contributed by atoms with van der Waals surface area (Å²) in [5, 5.41) is 21.4. The number of nitrogens with zero attached hydrogens (tertiary/aromatic N) is 1. The molecule has 1 aliphatic heterocycles. The predicted molar refractivity (Wildman–Crippen MR) is 80.9 cm³/mol. The normalized spacial score (nSPS) is 15.3. The van der Waals surface area contributed by atoms with E-state index in [1.165, 1.54) is 12.3 Å². The van der Waals surface area contributed by atoms with Crippen LogP contribution >= 0.6 is 0 Å². The van der Waals surface area contributed by atoms with Crippen LogP contribution in [0.2, 0.25) is 0 Å². The van der Waals surface area contributed by atoms with Gasteiger partial charge in [-0.1, -0.05) is 0 Å². The second-order valence-corrected chi connectivity index (χ2v) is 5.34. The van der Waals surface area contributed by atoms with Crippen molar-refractivity contribution >= 4 is 35.4 Å². The number of rotatable bonds is 2. The molecule has 136 valence electrons. The summed E-state index contributed by atoms with van der Waals surface area (Å²) in [6.45, 7) is 3.51. The number of carboxylic acids is 2. The maximum Gasteiger partial charge on any atom is 0.490 e. The average Bonchev–Trinajstić information content (AvgIpc) is 2.45. The lowest BCUT2D eigenvalue weighted by Gasteiger charge is -2.32. The third-order valence-electron chi connectivity index (χ3n) is 2.82. The molecule has 11 heteroatoms. The van der Waals surface area contributed by atoms with Gasteiger partial charge in [0.2, 0.25) is 0 Å². The van der Waals surface area contributed by atoms with Crippen LogP contribution in [0.3, 0.4) is 0 Å². The second-order valence-electron chi connectivity index (χ2n) is 5.34. The van der Waals surface area contributed by atoms with Crippen LogP contribution in [0, 0.1) is 0 Å². The monoisotopic (exact) mass is 361 g/mol. The van der Waals surface area contributed by atoms with Gasteiger partial charge in [-0.25, -0.2) is 14.6 Å². The van der Waals surface area contributed by atoms with E-state index in [9.17, 15) is 22.8 Å². The Balaban J connectivity index is 0.000000381. The van der Waals surface area contributed by atoms with Crippen LogP contribution in [0.4, 0.5) is 24.7 Å². The zero-order valence-electron chi connectivity index (χ0n) is 13.0. The van der Waals surface area contributed by atoms with Crippen LogP contribution < -0.4 is 10.6 Å². The Morgan fingerprint density at radius 1 is 1.28 bits per heavy atom. The topological polar surface area (TPSA) is 129 Å². The minimum Gasteiger partial charge on any atom is -0.478 e. The highest BCUT2D eigenvalue weighted by atomic mass is 19.4. The van der Waals surface area contributed by atoms with Gasteiger partial charge in [-0.3, -0.25) is 4.79 Å². The molecule has 2 rings (SSSR count). The molecule has 0 atom stereocenters. The number of halogens is 3. The van der Waals surface area contributed by atoms with Crippen molar-refractivity contribution in [2.24, 2.45) is 0 Å². The second kappa shape index (κ2) is 7.20. The van der Waals surface area contributed by atoms with E-state index in [4.69, 9.17) is 15.0 Å². The van der Waals surface area contributed by atoms with Gasteiger partial charge in [0.1, 0.15) is 5.54 Å². The van der Waals surface area contributed by atoms with E-state index >= 15 is 0 Å². The molecule has 1 amide bonds. The molecule has 0 bridgehead atoms. The quantitative estimate of drug-likeness (QED) is 0.593. The Morgan fingerprint density at radius 2 is 1.84 bits per heavy atom. The molecule has 4 N–H and O–H groups in total. The molecule has 25 heavy (non-hydrogen) atoms. The van der Waals surface area contributed by atoms with Crippen molar-refractivity contribution in [1.29, 1.82) is 0 Å². The summed E-state index contributed by atoms with van der Waals surface area (Å²) in [7, 11) is 0. The van der Waals surface area contributed by atoms with E-state index in [0.29, 0.717) is 17.1 Å². The van der Waals surface area contributed by atoms with Crippen molar-refractivity contribution in [1.82, 2.24) is 4.98 Å².